The van der Waals surface area contributed by atoms with E-state index in [9.17, 15) is 9.59 Å². The Bertz CT molecular complexity index is 1590. The van der Waals surface area contributed by atoms with Gasteiger partial charge in [0.2, 0.25) is 0 Å². The summed E-state index contributed by atoms with van der Waals surface area (Å²) in [6.07, 6.45) is 1.78. The molecule has 4 rings (SSSR count). The molecule has 0 bridgehead atoms. The van der Waals surface area contributed by atoms with Gasteiger partial charge in [-0.2, -0.15) is 0 Å². The van der Waals surface area contributed by atoms with Crippen LogP contribution < -0.4 is 29.1 Å². The Morgan fingerprint density at radius 3 is 2.37 bits per heavy atom. The molecule has 3 aromatic rings. The molecular formula is C28H30BrN3O5S. The molecule has 0 fully saturated rings. The number of hydrogen-bond acceptors (Lipinski definition) is 7. The van der Waals surface area contributed by atoms with E-state index in [2.05, 4.69) is 15.9 Å². The largest absolute Gasteiger partial charge is 0.496 e. The Balaban J connectivity index is 2.01. The first-order valence-electron chi connectivity index (χ1n) is 12.2. The molecule has 0 spiro atoms. The number of para-hydroxylation sites is 1. The maximum Gasteiger partial charge on any atom is 0.271 e. The zero-order chi connectivity index (χ0) is 27.6. The van der Waals surface area contributed by atoms with Crippen LogP contribution in [0.25, 0.3) is 6.08 Å². The van der Waals surface area contributed by atoms with Crippen molar-refractivity contribution in [2.75, 3.05) is 34.4 Å². The van der Waals surface area contributed by atoms with Crippen molar-refractivity contribution in [3.05, 3.63) is 83.0 Å². The number of likely N-dealkylation sites (N-methyl/N-ethyl adjacent to an activating group) is 1. The summed E-state index contributed by atoms with van der Waals surface area (Å²) in [5.41, 5.74) is 2.21. The van der Waals surface area contributed by atoms with Crippen molar-refractivity contribution in [2.45, 2.75) is 26.8 Å². The fourth-order valence-corrected chi connectivity index (χ4v) is 6.16. The molecule has 38 heavy (non-hydrogen) atoms. The number of benzene rings is 2. The Kier molecular flexibility index (Phi) is 8.42. The normalized spacial score (nSPS) is 15.1. The molecule has 1 aromatic heterocycles. The number of carbonyl (C=O) groups excluding carboxylic acids is 1. The number of nitrogens with zero attached hydrogens (tertiary/aromatic N) is 3. The number of amides is 1. The van der Waals surface area contributed by atoms with Gasteiger partial charge in [-0.25, -0.2) is 4.99 Å². The van der Waals surface area contributed by atoms with E-state index in [1.807, 2.05) is 51.1 Å². The zero-order valence-electron chi connectivity index (χ0n) is 22.2. The molecule has 1 atom stereocenters. The lowest BCUT2D eigenvalue weighted by Gasteiger charge is -2.29. The number of ether oxygens (including phenoxy) is 3. The monoisotopic (exact) mass is 599 g/mol. The van der Waals surface area contributed by atoms with E-state index in [-0.39, 0.29) is 11.5 Å². The lowest BCUT2D eigenvalue weighted by Crippen LogP contribution is -2.43. The molecule has 2 heterocycles. The molecule has 1 aliphatic rings. The van der Waals surface area contributed by atoms with Gasteiger partial charge in [0.1, 0.15) is 23.3 Å². The minimum absolute atomic E-state index is 0.151. The third kappa shape index (κ3) is 4.90. The van der Waals surface area contributed by atoms with Crippen molar-refractivity contribution in [1.29, 1.82) is 0 Å². The SMILES string of the molecule is CCN(CC)C(=O)C1=C(C)N=c2s/c(=C/c3cc(Br)c(OC)cc3OC)c(=O)n2[C@H]1c1ccccc1OC. The summed E-state index contributed by atoms with van der Waals surface area (Å²) in [5, 5.41) is 0. The number of allylic oxidation sites excluding steroid dienone is 1. The van der Waals surface area contributed by atoms with Crippen LogP contribution in [0.5, 0.6) is 17.2 Å². The predicted molar refractivity (Wildman–Crippen MR) is 152 cm³/mol. The van der Waals surface area contributed by atoms with Crippen LogP contribution in [-0.4, -0.2) is 49.8 Å². The molecular weight excluding hydrogens is 570 g/mol. The van der Waals surface area contributed by atoms with Crippen LogP contribution in [0.4, 0.5) is 0 Å². The zero-order valence-corrected chi connectivity index (χ0v) is 24.6. The third-order valence-electron chi connectivity index (χ3n) is 6.53. The van der Waals surface area contributed by atoms with E-state index in [1.165, 1.54) is 11.3 Å². The van der Waals surface area contributed by atoms with Crippen LogP contribution in [0, 0.1) is 0 Å². The van der Waals surface area contributed by atoms with Gasteiger partial charge in [0.15, 0.2) is 4.80 Å². The first-order chi connectivity index (χ1) is 18.3. The molecule has 1 aliphatic heterocycles. The smallest absolute Gasteiger partial charge is 0.271 e. The van der Waals surface area contributed by atoms with Crippen LogP contribution in [0.15, 0.2) is 61.9 Å². The quantitative estimate of drug-likeness (QED) is 0.392. The van der Waals surface area contributed by atoms with E-state index >= 15 is 0 Å². The van der Waals surface area contributed by atoms with Crippen LogP contribution in [0.3, 0.4) is 0 Å². The second-order valence-electron chi connectivity index (χ2n) is 8.53. The first-order valence-corrected chi connectivity index (χ1v) is 13.8. The highest BCUT2D eigenvalue weighted by molar-refractivity contribution is 9.10. The molecule has 0 saturated carbocycles. The number of methoxy groups -OCH3 is 3. The van der Waals surface area contributed by atoms with Crippen molar-refractivity contribution in [3.8, 4) is 17.2 Å². The van der Waals surface area contributed by atoms with Crippen molar-refractivity contribution < 1.29 is 19.0 Å². The van der Waals surface area contributed by atoms with E-state index in [4.69, 9.17) is 19.2 Å². The van der Waals surface area contributed by atoms with Crippen molar-refractivity contribution in [1.82, 2.24) is 9.47 Å². The summed E-state index contributed by atoms with van der Waals surface area (Å²) < 4.78 is 19.4. The van der Waals surface area contributed by atoms with E-state index < -0.39 is 6.04 Å². The Morgan fingerprint density at radius 2 is 1.74 bits per heavy atom. The fraction of sp³-hybridized carbons (Fsp3) is 0.321. The molecule has 0 N–H and O–H groups in total. The second-order valence-corrected chi connectivity index (χ2v) is 10.4. The molecule has 0 radical (unpaired) electrons. The van der Waals surface area contributed by atoms with Gasteiger partial charge in [0, 0.05) is 30.3 Å². The molecule has 10 heteroatoms. The predicted octanol–water partition coefficient (Wildman–Crippen LogP) is 3.89. The summed E-state index contributed by atoms with van der Waals surface area (Å²) in [5.74, 6) is 1.62. The molecule has 0 unspecified atom stereocenters. The number of rotatable bonds is 8. The minimum atomic E-state index is -0.692. The van der Waals surface area contributed by atoms with Crippen molar-refractivity contribution in [2.24, 2.45) is 4.99 Å². The van der Waals surface area contributed by atoms with Crippen molar-refractivity contribution >= 4 is 39.2 Å². The highest BCUT2D eigenvalue weighted by atomic mass is 79.9. The summed E-state index contributed by atoms with van der Waals surface area (Å²) in [6, 6.07) is 10.4. The van der Waals surface area contributed by atoms with Crippen LogP contribution in [0.1, 0.15) is 37.9 Å². The van der Waals surface area contributed by atoms with Gasteiger partial charge >= 0.3 is 0 Å². The van der Waals surface area contributed by atoms with E-state index in [0.717, 1.165) is 10.0 Å². The molecule has 2 aromatic carbocycles. The standard InChI is InChI=1S/C28H30BrN3O5S/c1-7-31(8-2)27(34)24-16(3)30-28-32(25(24)18-11-9-10-12-20(18)35-4)26(33)23(38-28)14-17-13-19(29)22(37-6)15-21(17)36-5/h9-15,25H,7-8H2,1-6H3/b23-14+/t25-/m0/s1. The second kappa shape index (κ2) is 11.6. The molecule has 1 amide bonds. The highest BCUT2D eigenvalue weighted by Crippen LogP contribution is 2.36. The lowest BCUT2D eigenvalue weighted by atomic mass is 9.94. The summed E-state index contributed by atoms with van der Waals surface area (Å²) >= 11 is 4.78. The minimum Gasteiger partial charge on any atom is -0.496 e. The lowest BCUT2D eigenvalue weighted by molar-refractivity contribution is -0.127. The molecule has 0 aliphatic carbocycles. The third-order valence-corrected chi connectivity index (χ3v) is 8.13. The maximum absolute atomic E-state index is 14.0. The first kappa shape index (κ1) is 27.7. The Morgan fingerprint density at radius 1 is 1.08 bits per heavy atom. The topological polar surface area (TPSA) is 82.4 Å². The van der Waals surface area contributed by atoms with E-state index in [1.54, 1.807) is 42.9 Å². The van der Waals surface area contributed by atoms with Gasteiger partial charge in [-0.3, -0.25) is 14.2 Å². The highest BCUT2D eigenvalue weighted by Gasteiger charge is 2.35. The summed E-state index contributed by atoms with van der Waals surface area (Å²) in [4.78, 5) is 34.8. The fourth-order valence-electron chi connectivity index (χ4n) is 4.60. The number of thiazole rings is 1. The van der Waals surface area contributed by atoms with Gasteiger partial charge in [0.25, 0.3) is 11.5 Å². The average Bonchev–Trinajstić information content (AvgIpc) is 3.22. The Hall–Kier alpha value is -3.37. The van der Waals surface area contributed by atoms with Gasteiger partial charge < -0.3 is 19.1 Å². The van der Waals surface area contributed by atoms with Crippen LogP contribution >= 0.6 is 27.3 Å². The molecule has 8 nitrogen and oxygen atoms in total. The van der Waals surface area contributed by atoms with Gasteiger partial charge in [-0.05, 0) is 54.9 Å². The number of carbonyl (C=O) groups is 1. The van der Waals surface area contributed by atoms with Crippen molar-refractivity contribution in [3.63, 3.8) is 0 Å². The summed E-state index contributed by atoms with van der Waals surface area (Å²) in [7, 11) is 4.73. The van der Waals surface area contributed by atoms with Gasteiger partial charge in [-0.15, -0.1) is 0 Å². The number of aromatic nitrogens is 1. The summed E-state index contributed by atoms with van der Waals surface area (Å²) in [6.45, 7) is 6.78. The average molecular weight is 601 g/mol. The number of fused-ring (bicyclic) bond motifs is 1. The Labute approximate surface area is 233 Å². The van der Waals surface area contributed by atoms with Crippen LogP contribution in [0.2, 0.25) is 0 Å². The maximum atomic E-state index is 14.0. The molecule has 0 saturated heterocycles. The van der Waals surface area contributed by atoms with E-state index in [0.29, 0.717) is 56.5 Å². The number of hydrogen-bond donors (Lipinski definition) is 0. The molecule has 200 valence electrons. The van der Waals surface area contributed by atoms with Gasteiger partial charge in [0.05, 0.1) is 41.6 Å². The van der Waals surface area contributed by atoms with Crippen LogP contribution in [-0.2, 0) is 4.79 Å². The van der Waals surface area contributed by atoms with Gasteiger partial charge in [-0.1, -0.05) is 29.5 Å². The number of halogens is 1.